The number of hydrogen-bond donors (Lipinski definition) is 1. The highest BCUT2D eigenvalue weighted by Crippen LogP contribution is 2.20. The van der Waals surface area contributed by atoms with Crippen LogP contribution in [0.5, 0.6) is 0 Å². The van der Waals surface area contributed by atoms with Crippen LogP contribution in [0.25, 0.3) is 0 Å². The lowest BCUT2D eigenvalue weighted by atomic mass is 10.2. The Morgan fingerprint density at radius 1 is 1.24 bits per heavy atom. The Bertz CT molecular complexity index is 448. The quantitative estimate of drug-likeness (QED) is 0.869. The number of pyridine rings is 1. The van der Waals surface area contributed by atoms with Crippen molar-refractivity contribution in [2.75, 3.05) is 37.6 Å². The van der Waals surface area contributed by atoms with Crippen molar-refractivity contribution in [3.05, 3.63) is 24.0 Å². The van der Waals surface area contributed by atoms with Crippen molar-refractivity contribution >= 4 is 5.69 Å². The molecule has 2 aliphatic rings. The number of aromatic nitrogens is 1. The Kier molecular flexibility index (Phi) is 4.76. The minimum absolute atomic E-state index is 0.745. The molecule has 1 aromatic rings. The molecular formula is C17H28N4. The van der Waals surface area contributed by atoms with E-state index in [4.69, 9.17) is 0 Å². The molecule has 1 aliphatic heterocycles. The second-order valence-corrected chi connectivity index (χ2v) is 6.84. The zero-order valence-corrected chi connectivity index (χ0v) is 13.4. The first-order valence-corrected chi connectivity index (χ1v) is 8.36. The first-order chi connectivity index (χ1) is 10.2. The van der Waals surface area contributed by atoms with Crippen LogP contribution in [-0.2, 0) is 6.54 Å². The summed E-state index contributed by atoms with van der Waals surface area (Å²) in [5.41, 5.74) is 2.51. The maximum absolute atomic E-state index is 4.49. The Balaban J connectivity index is 1.53. The first kappa shape index (κ1) is 14.8. The molecule has 1 aliphatic carbocycles. The summed E-state index contributed by atoms with van der Waals surface area (Å²) in [6, 6.07) is 5.15. The van der Waals surface area contributed by atoms with E-state index in [9.17, 15) is 0 Å². The largest absolute Gasteiger partial charge is 0.369 e. The second-order valence-electron chi connectivity index (χ2n) is 6.84. The van der Waals surface area contributed by atoms with Gasteiger partial charge in [0.15, 0.2) is 0 Å². The fraction of sp³-hybridized carbons (Fsp3) is 0.706. The Hall–Kier alpha value is -1.13. The number of piperazine rings is 1. The highest BCUT2D eigenvalue weighted by atomic mass is 15.3. The van der Waals surface area contributed by atoms with Crippen molar-refractivity contribution in [2.24, 2.45) is 5.92 Å². The van der Waals surface area contributed by atoms with Crippen LogP contribution in [0.1, 0.15) is 32.4 Å². The molecule has 0 bridgehead atoms. The van der Waals surface area contributed by atoms with Gasteiger partial charge in [0, 0.05) is 57.2 Å². The van der Waals surface area contributed by atoms with Crippen LogP contribution in [0.2, 0.25) is 0 Å². The van der Waals surface area contributed by atoms with Crippen LogP contribution >= 0.6 is 0 Å². The van der Waals surface area contributed by atoms with E-state index in [1.165, 1.54) is 43.9 Å². The average Bonchev–Trinajstić information content (AvgIpc) is 3.30. The van der Waals surface area contributed by atoms with Crippen LogP contribution < -0.4 is 10.2 Å². The third kappa shape index (κ3) is 4.42. The van der Waals surface area contributed by atoms with Gasteiger partial charge >= 0.3 is 0 Å². The molecule has 4 heteroatoms. The van der Waals surface area contributed by atoms with Crippen LogP contribution in [0.4, 0.5) is 5.69 Å². The average molecular weight is 288 g/mol. The van der Waals surface area contributed by atoms with E-state index in [1.54, 1.807) is 0 Å². The molecule has 0 aromatic carbocycles. The van der Waals surface area contributed by atoms with Gasteiger partial charge in [-0.15, -0.1) is 0 Å². The van der Waals surface area contributed by atoms with Crippen LogP contribution in [0, 0.1) is 5.92 Å². The lowest BCUT2D eigenvalue weighted by Crippen LogP contribution is -2.47. The molecule has 0 radical (unpaired) electrons. The maximum Gasteiger partial charge on any atom is 0.0562 e. The summed E-state index contributed by atoms with van der Waals surface area (Å²) in [6.07, 6.45) is 4.62. The molecule has 3 rings (SSSR count). The van der Waals surface area contributed by atoms with Gasteiger partial charge in [-0.1, -0.05) is 13.8 Å². The maximum atomic E-state index is 4.49. The van der Waals surface area contributed by atoms with E-state index in [2.05, 4.69) is 46.1 Å². The number of nitrogens with zero attached hydrogens (tertiary/aromatic N) is 3. The minimum atomic E-state index is 0.745. The summed E-state index contributed by atoms with van der Waals surface area (Å²) in [7, 11) is 0. The Labute approximate surface area is 128 Å². The molecule has 1 N–H and O–H groups in total. The van der Waals surface area contributed by atoms with E-state index >= 15 is 0 Å². The van der Waals surface area contributed by atoms with Gasteiger partial charge in [0.25, 0.3) is 0 Å². The number of rotatable bonds is 6. The van der Waals surface area contributed by atoms with E-state index in [0.717, 1.165) is 31.6 Å². The van der Waals surface area contributed by atoms with Crippen LogP contribution in [0.15, 0.2) is 18.3 Å². The zero-order chi connectivity index (χ0) is 14.7. The molecule has 0 atom stereocenters. The van der Waals surface area contributed by atoms with Gasteiger partial charge in [-0.25, -0.2) is 0 Å². The van der Waals surface area contributed by atoms with Gasteiger partial charge in [0.2, 0.25) is 0 Å². The topological polar surface area (TPSA) is 31.4 Å². The first-order valence-electron chi connectivity index (χ1n) is 8.36. The van der Waals surface area contributed by atoms with E-state index in [0.29, 0.717) is 0 Å². The molecule has 1 saturated carbocycles. The molecule has 0 unspecified atom stereocenters. The predicted octanol–water partition coefficient (Wildman–Crippen LogP) is 2.11. The second kappa shape index (κ2) is 6.75. The van der Waals surface area contributed by atoms with Gasteiger partial charge < -0.3 is 10.2 Å². The Morgan fingerprint density at radius 3 is 2.67 bits per heavy atom. The molecule has 1 saturated heterocycles. The Morgan fingerprint density at radius 2 is 2.00 bits per heavy atom. The lowest BCUT2D eigenvalue weighted by Gasteiger charge is -2.36. The summed E-state index contributed by atoms with van der Waals surface area (Å²) in [6.45, 7) is 11.3. The van der Waals surface area contributed by atoms with E-state index < -0.39 is 0 Å². The molecular weight excluding hydrogens is 260 g/mol. The van der Waals surface area contributed by atoms with Crippen molar-refractivity contribution in [3.63, 3.8) is 0 Å². The number of anilines is 1. The van der Waals surface area contributed by atoms with Crippen LogP contribution in [0.3, 0.4) is 0 Å². The van der Waals surface area contributed by atoms with Gasteiger partial charge in [0.1, 0.15) is 0 Å². The van der Waals surface area contributed by atoms with Gasteiger partial charge in [-0.3, -0.25) is 9.88 Å². The van der Waals surface area contributed by atoms with Crippen molar-refractivity contribution in [1.82, 2.24) is 15.2 Å². The summed E-state index contributed by atoms with van der Waals surface area (Å²) in [4.78, 5) is 9.57. The fourth-order valence-electron chi connectivity index (χ4n) is 3.00. The van der Waals surface area contributed by atoms with Crippen molar-refractivity contribution < 1.29 is 0 Å². The highest BCUT2D eigenvalue weighted by molar-refractivity contribution is 5.47. The standard InChI is InChI=1S/C17H28N4/c1-14(2)13-20-7-9-21(10-8-20)17-5-6-18-16(11-17)12-19-15-3-4-15/h5-6,11,14-15,19H,3-4,7-10,12-13H2,1-2H3. The molecule has 1 aromatic heterocycles. The summed E-state index contributed by atoms with van der Waals surface area (Å²) >= 11 is 0. The van der Waals surface area contributed by atoms with E-state index in [1.807, 2.05) is 6.20 Å². The summed E-state index contributed by atoms with van der Waals surface area (Å²) in [5.74, 6) is 0.762. The summed E-state index contributed by atoms with van der Waals surface area (Å²) < 4.78 is 0. The molecule has 2 fully saturated rings. The summed E-state index contributed by atoms with van der Waals surface area (Å²) in [5, 5.41) is 3.54. The van der Waals surface area contributed by atoms with Crippen molar-refractivity contribution in [3.8, 4) is 0 Å². The smallest absolute Gasteiger partial charge is 0.0562 e. The van der Waals surface area contributed by atoms with E-state index in [-0.39, 0.29) is 0 Å². The number of nitrogens with one attached hydrogen (secondary N) is 1. The third-order valence-electron chi connectivity index (χ3n) is 4.31. The molecule has 0 spiro atoms. The number of hydrogen-bond acceptors (Lipinski definition) is 4. The molecule has 0 amide bonds. The molecule has 21 heavy (non-hydrogen) atoms. The lowest BCUT2D eigenvalue weighted by molar-refractivity contribution is 0.231. The van der Waals surface area contributed by atoms with Gasteiger partial charge in [-0.2, -0.15) is 0 Å². The zero-order valence-electron chi connectivity index (χ0n) is 13.4. The highest BCUT2D eigenvalue weighted by Gasteiger charge is 2.21. The van der Waals surface area contributed by atoms with Gasteiger partial charge in [-0.05, 0) is 30.9 Å². The molecule has 116 valence electrons. The molecule has 4 nitrogen and oxygen atoms in total. The fourth-order valence-corrected chi connectivity index (χ4v) is 3.00. The third-order valence-corrected chi connectivity index (χ3v) is 4.31. The monoisotopic (exact) mass is 288 g/mol. The predicted molar refractivity (Wildman–Crippen MR) is 87.6 cm³/mol. The van der Waals surface area contributed by atoms with Gasteiger partial charge in [0.05, 0.1) is 5.69 Å². The SMILES string of the molecule is CC(C)CN1CCN(c2ccnc(CNC3CC3)c2)CC1. The molecule has 2 heterocycles. The normalized spacial score (nSPS) is 20.2. The van der Waals surface area contributed by atoms with Crippen LogP contribution in [-0.4, -0.2) is 48.6 Å². The van der Waals surface area contributed by atoms with Crippen molar-refractivity contribution in [1.29, 1.82) is 0 Å². The van der Waals surface area contributed by atoms with Crippen molar-refractivity contribution in [2.45, 2.75) is 39.3 Å². The minimum Gasteiger partial charge on any atom is -0.369 e.